The molecule has 5 heterocycles. The molecule has 0 atom stereocenters. The van der Waals surface area contributed by atoms with E-state index in [-0.39, 0.29) is 0 Å². The van der Waals surface area contributed by atoms with Crippen molar-refractivity contribution in [3.05, 3.63) is 66.6 Å². The van der Waals surface area contributed by atoms with Crippen molar-refractivity contribution >= 4 is 21.9 Å². The highest BCUT2D eigenvalue weighted by Crippen LogP contribution is 2.31. The Morgan fingerprint density at radius 2 is 1.87 bits per heavy atom. The Bertz CT molecular complexity index is 1310. The van der Waals surface area contributed by atoms with Gasteiger partial charge in [-0.05, 0) is 73.5 Å². The molecule has 2 N–H and O–H groups in total. The molecule has 4 aromatic heterocycles. The number of aromatic amines is 2. The molecule has 1 saturated heterocycles. The lowest BCUT2D eigenvalue weighted by Crippen LogP contribution is -2.18. The first kappa shape index (κ1) is 17.4. The Balaban J connectivity index is 1.39. The molecule has 1 fully saturated rings. The fourth-order valence-electron chi connectivity index (χ4n) is 4.41. The zero-order valence-electron chi connectivity index (χ0n) is 16.6. The standard InChI is InChI=1S/C24H22N6/c1-2-9-30(8-1)15-16-10-18(14-25-13-16)17-5-6-20-19(11-17)24(29-28-20)23-12-22-21(27-23)4-3-7-26-22/h3-7,10-14,27H,1-2,8-9,15H2,(H,28,29). The average Bonchev–Trinajstić information content (AvgIpc) is 3.52. The predicted octanol–water partition coefficient (Wildman–Crippen LogP) is 4.76. The molecule has 148 valence electrons. The largest absolute Gasteiger partial charge is 0.352 e. The van der Waals surface area contributed by atoms with Gasteiger partial charge in [-0.25, -0.2) is 0 Å². The second-order valence-corrected chi connectivity index (χ2v) is 8.02. The normalized spacial score (nSPS) is 14.8. The Hall–Kier alpha value is -3.51. The van der Waals surface area contributed by atoms with Gasteiger partial charge in [0.2, 0.25) is 0 Å². The van der Waals surface area contributed by atoms with Crippen LogP contribution in [0.4, 0.5) is 0 Å². The number of likely N-dealkylation sites (tertiary alicyclic amines) is 1. The number of rotatable bonds is 4. The summed E-state index contributed by atoms with van der Waals surface area (Å²) < 4.78 is 0. The number of pyridine rings is 2. The van der Waals surface area contributed by atoms with E-state index >= 15 is 0 Å². The van der Waals surface area contributed by atoms with Gasteiger partial charge in [-0.1, -0.05) is 6.07 Å². The van der Waals surface area contributed by atoms with Gasteiger partial charge >= 0.3 is 0 Å². The molecule has 30 heavy (non-hydrogen) atoms. The first-order chi connectivity index (χ1) is 14.8. The lowest BCUT2D eigenvalue weighted by Gasteiger charge is -2.14. The molecular weight excluding hydrogens is 372 g/mol. The molecule has 1 aromatic carbocycles. The maximum absolute atomic E-state index is 4.58. The minimum absolute atomic E-state index is 0.908. The summed E-state index contributed by atoms with van der Waals surface area (Å²) in [6, 6.07) is 14.7. The molecular formula is C24H22N6. The van der Waals surface area contributed by atoms with Crippen molar-refractivity contribution in [3.8, 4) is 22.5 Å². The van der Waals surface area contributed by atoms with Crippen molar-refractivity contribution in [2.75, 3.05) is 13.1 Å². The molecule has 0 aliphatic carbocycles. The molecule has 6 rings (SSSR count). The second-order valence-electron chi connectivity index (χ2n) is 8.02. The fraction of sp³-hybridized carbons (Fsp3) is 0.208. The van der Waals surface area contributed by atoms with Crippen LogP contribution in [0.2, 0.25) is 0 Å². The van der Waals surface area contributed by atoms with Gasteiger partial charge < -0.3 is 4.98 Å². The molecule has 5 aromatic rings. The summed E-state index contributed by atoms with van der Waals surface area (Å²) in [7, 11) is 0. The molecule has 0 unspecified atom stereocenters. The van der Waals surface area contributed by atoms with Crippen LogP contribution in [0.1, 0.15) is 18.4 Å². The van der Waals surface area contributed by atoms with E-state index in [1.165, 1.54) is 31.5 Å². The number of hydrogen-bond donors (Lipinski definition) is 2. The van der Waals surface area contributed by atoms with Gasteiger partial charge in [-0.3, -0.25) is 20.0 Å². The number of nitrogens with zero attached hydrogens (tertiary/aromatic N) is 4. The third kappa shape index (κ3) is 3.06. The quantitative estimate of drug-likeness (QED) is 0.461. The van der Waals surface area contributed by atoms with E-state index in [4.69, 9.17) is 0 Å². The molecule has 0 spiro atoms. The van der Waals surface area contributed by atoms with Crippen LogP contribution in [-0.2, 0) is 6.54 Å². The molecule has 0 bridgehead atoms. The predicted molar refractivity (Wildman–Crippen MR) is 119 cm³/mol. The zero-order valence-corrected chi connectivity index (χ0v) is 16.6. The number of nitrogens with one attached hydrogen (secondary N) is 2. The summed E-state index contributed by atoms with van der Waals surface area (Å²) in [4.78, 5) is 14.9. The second kappa shape index (κ2) is 7.07. The van der Waals surface area contributed by atoms with Crippen LogP contribution in [0.25, 0.3) is 44.5 Å². The maximum Gasteiger partial charge on any atom is 0.116 e. The van der Waals surface area contributed by atoms with Crippen molar-refractivity contribution in [3.63, 3.8) is 0 Å². The third-order valence-corrected chi connectivity index (χ3v) is 5.94. The molecule has 0 saturated carbocycles. The highest BCUT2D eigenvalue weighted by atomic mass is 15.1. The van der Waals surface area contributed by atoms with Crippen LogP contribution >= 0.6 is 0 Å². The Morgan fingerprint density at radius 3 is 2.77 bits per heavy atom. The van der Waals surface area contributed by atoms with E-state index in [9.17, 15) is 0 Å². The van der Waals surface area contributed by atoms with Crippen molar-refractivity contribution in [1.82, 2.24) is 30.0 Å². The molecule has 0 amide bonds. The van der Waals surface area contributed by atoms with Gasteiger partial charge in [-0.2, -0.15) is 5.10 Å². The number of aromatic nitrogens is 5. The van der Waals surface area contributed by atoms with Crippen LogP contribution in [0.5, 0.6) is 0 Å². The van der Waals surface area contributed by atoms with Crippen molar-refractivity contribution < 1.29 is 0 Å². The van der Waals surface area contributed by atoms with Gasteiger partial charge in [0.1, 0.15) is 5.69 Å². The SMILES string of the molecule is c1cnc2cc(-c3n[nH]c4ccc(-c5cncc(CN6CCCC6)c5)cc34)[nH]c2c1. The highest BCUT2D eigenvalue weighted by Gasteiger charge is 2.14. The van der Waals surface area contributed by atoms with Gasteiger partial charge in [0.15, 0.2) is 0 Å². The molecule has 1 aliphatic rings. The van der Waals surface area contributed by atoms with E-state index in [0.29, 0.717) is 0 Å². The Labute approximate surface area is 174 Å². The minimum atomic E-state index is 0.908. The zero-order chi connectivity index (χ0) is 19.9. The number of H-pyrrole nitrogens is 2. The summed E-state index contributed by atoms with van der Waals surface area (Å²) in [6.07, 6.45) is 8.35. The van der Waals surface area contributed by atoms with Gasteiger partial charge in [0.05, 0.1) is 22.2 Å². The van der Waals surface area contributed by atoms with Gasteiger partial charge in [-0.15, -0.1) is 0 Å². The Kier molecular flexibility index (Phi) is 4.09. The van der Waals surface area contributed by atoms with Crippen molar-refractivity contribution in [1.29, 1.82) is 0 Å². The summed E-state index contributed by atoms with van der Waals surface area (Å²) >= 11 is 0. The lowest BCUT2D eigenvalue weighted by atomic mass is 10.0. The molecule has 1 aliphatic heterocycles. The monoisotopic (exact) mass is 394 g/mol. The Morgan fingerprint density at radius 1 is 0.933 bits per heavy atom. The average molecular weight is 394 g/mol. The van der Waals surface area contributed by atoms with Crippen molar-refractivity contribution in [2.24, 2.45) is 0 Å². The molecule has 0 radical (unpaired) electrons. The lowest BCUT2D eigenvalue weighted by molar-refractivity contribution is 0.331. The maximum atomic E-state index is 4.58. The number of hydrogen-bond acceptors (Lipinski definition) is 4. The summed E-state index contributed by atoms with van der Waals surface area (Å²) in [5.41, 5.74) is 8.40. The van der Waals surface area contributed by atoms with Crippen LogP contribution in [-0.4, -0.2) is 43.1 Å². The van der Waals surface area contributed by atoms with Crippen molar-refractivity contribution in [2.45, 2.75) is 19.4 Å². The van der Waals surface area contributed by atoms with E-state index in [1.807, 2.05) is 30.7 Å². The number of benzene rings is 1. The summed E-state index contributed by atoms with van der Waals surface area (Å²) in [6.45, 7) is 3.35. The molecule has 6 nitrogen and oxygen atoms in total. The first-order valence-electron chi connectivity index (χ1n) is 10.4. The van der Waals surface area contributed by atoms with Crippen LogP contribution < -0.4 is 0 Å². The van der Waals surface area contributed by atoms with Gasteiger partial charge in [0.25, 0.3) is 0 Å². The van der Waals surface area contributed by atoms with E-state index in [0.717, 1.165) is 51.0 Å². The summed E-state index contributed by atoms with van der Waals surface area (Å²) in [5.74, 6) is 0. The van der Waals surface area contributed by atoms with E-state index in [2.05, 4.69) is 60.4 Å². The molecule has 6 heteroatoms. The first-order valence-corrected chi connectivity index (χ1v) is 10.4. The minimum Gasteiger partial charge on any atom is -0.352 e. The van der Waals surface area contributed by atoms with Crippen LogP contribution in [0.3, 0.4) is 0 Å². The van der Waals surface area contributed by atoms with Crippen LogP contribution in [0.15, 0.2) is 61.1 Å². The third-order valence-electron chi connectivity index (χ3n) is 5.94. The smallest absolute Gasteiger partial charge is 0.116 e. The summed E-state index contributed by atoms with van der Waals surface area (Å²) in [5, 5.41) is 8.82. The van der Waals surface area contributed by atoms with Gasteiger partial charge in [0, 0.05) is 36.1 Å². The van der Waals surface area contributed by atoms with Crippen LogP contribution in [0, 0.1) is 0 Å². The highest BCUT2D eigenvalue weighted by molar-refractivity contribution is 5.97. The number of fused-ring (bicyclic) bond motifs is 2. The van der Waals surface area contributed by atoms with E-state index < -0.39 is 0 Å². The van der Waals surface area contributed by atoms with E-state index in [1.54, 1.807) is 0 Å². The fourth-order valence-corrected chi connectivity index (χ4v) is 4.41. The topological polar surface area (TPSA) is 73.5 Å².